The second-order valence-electron chi connectivity index (χ2n) is 5.36. The highest BCUT2D eigenvalue weighted by Crippen LogP contribution is 2.42. The Hall–Kier alpha value is -1.75. The largest absolute Gasteiger partial charge is 0.497 e. The molecule has 2 aliphatic heterocycles. The van der Waals surface area contributed by atoms with E-state index < -0.39 is 0 Å². The summed E-state index contributed by atoms with van der Waals surface area (Å²) in [5, 5.41) is 6.93. The van der Waals surface area contributed by atoms with Crippen LogP contribution in [0.15, 0.2) is 18.2 Å². The number of piperidine rings is 1. The summed E-state index contributed by atoms with van der Waals surface area (Å²) in [6.45, 7) is 1.81. The highest BCUT2D eigenvalue weighted by molar-refractivity contribution is 5.83. The van der Waals surface area contributed by atoms with E-state index in [9.17, 15) is 4.79 Å². The Bertz CT molecular complexity index is 518. The number of hydrogen-bond acceptors (Lipinski definition) is 5. The number of esters is 1. The highest BCUT2D eigenvalue weighted by atomic mass is 16.5. The summed E-state index contributed by atoms with van der Waals surface area (Å²) in [6.07, 6.45) is 1.01. The molecule has 1 aromatic carbocycles. The zero-order chi connectivity index (χ0) is 14.1. The van der Waals surface area contributed by atoms with Crippen LogP contribution in [0.4, 0.5) is 5.69 Å². The number of anilines is 1. The second-order valence-corrected chi connectivity index (χ2v) is 5.36. The Morgan fingerprint density at radius 2 is 2.20 bits per heavy atom. The Morgan fingerprint density at radius 1 is 1.35 bits per heavy atom. The van der Waals surface area contributed by atoms with Crippen molar-refractivity contribution in [2.75, 3.05) is 32.6 Å². The van der Waals surface area contributed by atoms with E-state index in [1.54, 1.807) is 7.11 Å². The van der Waals surface area contributed by atoms with Gasteiger partial charge in [-0.25, -0.2) is 0 Å². The van der Waals surface area contributed by atoms with Crippen LogP contribution in [0.25, 0.3) is 0 Å². The molecule has 3 atom stereocenters. The van der Waals surface area contributed by atoms with Gasteiger partial charge in [0, 0.05) is 30.3 Å². The van der Waals surface area contributed by atoms with Crippen molar-refractivity contribution < 1.29 is 14.3 Å². The SMILES string of the molecule is COC(=O)C1c2ccc(OC)cc2NC2CCNCC21. The maximum Gasteiger partial charge on any atom is 0.313 e. The zero-order valence-corrected chi connectivity index (χ0v) is 11.8. The molecule has 0 bridgehead atoms. The summed E-state index contributed by atoms with van der Waals surface area (Å²) < 4.78 is 10.3. The highest BCUT2D eigenvalue weighted by Gasteiger charge is 2.42. The van der Waals surface area contributed by atoms with Gasteiger partial charge in [0.15, 0.2) is 0 Å². The van der Waals surface area contributed by atoms with Crippen LogP contribution < -0.4 is 15.4 Å². The van der Waals surface area contributed by atoms with Crippen molar-refractivity contribution in [2.45, 2.75) is 18.4 Å². The fraction of sp³-hybridized carbons (Fsp3) is 0.533. The first-order chi connectivity index (χ1) is 9.74. The van der Waals surface area contributed by atoms with Crippen LogP contribution in [0.5, 0.6) is 5.75 Å². The molecule has 1 fully saturated rings. The molecule has 2 heterocycles. The minimum atomic E-state index is -0.208. The number of rotatable bonds is 2. The molecule has 108 valence electrons. The van der Waals surface area contributed by atoms with Gasteiger partial charge in [-0.3, -0.25) is 4.79 Å². The van der Waals surface area contributed by atoms with Crippen LogP contribution >= 0.6 is 0 Å². The molecule has 5 heteroatoms. The lowest BCUT2D eigenvalue weighted by Gasteiger charge is -2.42. The lowest BCUT2D eigenvalue weighted by Crippen LogP contribution is -2.50. The Labute approximate surface area is 118 Å². The monoisotopic (exact) mass is 276 g/mol. The summed E-state index contributed by atoms with van der Waals surface area (Å²) in [5.74, 6) is 0.668. The Morgan fingerprint density at radius 3 is 2.95 bits per heavy atom. The minimum absolute atomic E-state index is 0.156. The normalized spacial score (nSPS) is 27.8. The third kappa shape index (κ3) is 2.12. The van der Waals surface area contributed by atoms with E-state index in [-0.39, 0.29) is 17.8 Å². The van der Waals surface area contributed by atoms with Gasteiger partial charge in [0.25, 0.3) is 0 Å². The molecule has 3 rings (SSSR count). The van der Waals surface area contributed by atoms with Gasteiger partial charge in [-0.05, 0) is 24.6 Å². The molecular weight excluding hydrogens is 256 g/mol. The number of ether oxygens (including phenoxy) is 2. The van der Waals surface area contributed by atoms with Gasteiger partial charge in [-0.2, -0.15) is 0 Å². The summed E-state index contributed by atoms with van der Waals surface area (Å²) in [5.41, 5.74) is 1.99. The number of fused-ring (bicyclic) bond motifs is 2. The van der Waals surface area contributed by atoms with E-state index in [1.165, 1.54) is 7.11 Å². The molecule has 0 spiro atoms. The number of methoxy groups -OCH3 is 2. The van der Waals surface area contributed by atoms with E-state index in [0.29, 0.717) is 6.04 Å². The summed E-state index contributed by atoms with van der Waals surface area (Å²) in [4.78, 5) is 12.2. The average molecular weight is 276 g/mol. The van der Waals surface area contributed by atoms with Crippen molar-refractivity contribution in [3.63, 3.8) is 0 Å². The molecule has 1 saturated heterocycles. The van der Waals surface area contributed by atoms with Crippen LogP contribution in [-0.4, -0.2) is 39.3 Å². The zero-order valence-electron chi connectivity index (χ0n) is 11.8. The van der Waals surface area contributed by atoms with Crippen LogP contribution in [0.1, 0.15) is 17.9 Å². The van der Waals surface area contributed by atoms with Gasteiger partial charge in [-0.15, -0.1) is 0 Å². The summed E-state index contributed by atoms with van der Waals surface area (Å²) in [7, 11) is 3.11. The molecule has 2 N–H and O–H groups in total. The molecular formula is C15H20N2O3. The standard InChI is InChI=1S/C15H20N2O3/c1-19-9-3-4-10-13(7-9)17-12-5-6-16-8-11(12)14(10)15(18)20-2/h3-4,7,11-12,14,16-17H,5-6,8H2,1-2H3. The van der Waals surface area contributed by atoms with E-state index >= 15 is 0 Å². The van der Waals surface area contributed by atoms with Gasteiger partial charge in [0.1, 0.15) is 5.75 Å². The lowest BCUT2D eigenvalue weighted by molar-refractivity contribution is -0.144. The maximum atomic E-state index is 12.2. The topological polar surface area (TPSA) is 59.6 Å². The minimum Gasteiger partial charge on any atom is -0.497 e. The van der Waals surface area contributed by atoms with Crippen LogP contribution in [0.2, 0.25) is 0 Å². The summed E-state index contributed by atoms with van der Waals surface area (Å²) >= 11 is 0. The van der Waals surface area contributed by atoms with Gasteiger partial charge < -0.3 is 20.1 Å². The molecule has 0 amide bonds. The predicted molar refractivity (Wildman–Crippen MR) is 76.1 cm³/mol. The van der Waals surface area contributed by atoms with Crippen LogP contribution in [0.3, 0.4) is 0 Å². The van der Waals surface area contributed by atoms with E-state index in [1.807, 2.05) is 18.2 Å². The van der Waals surface area contributed by atoms with Gasteiger partial charge in [0.2, 0.25) is 0 Å². The van der Waals surface area contributed by atoms with Crippen molar-refractivity contribution >= 4 is 11.7 Å². The van der Waals surface area contributed by atoms with Crippen LogP contribution in [-0.2, 0) is 9.53 Å². The number of nitrogens with one attached hydrogen (secondary N) is 2. The molecule has 5 nitrogen and oxygen atoms in total. The smallest absolute Gasteiger partial charge is 0.313 e. The number of benzene rings is 1. The first-order valence-electron chi connectivity index (χ1n) is 6.97. The molecule has 0 aliphatic carbocycles. The molecule has 0 saturated carbocycles. The molecule has 0 aromatic heterocycles. The van der Waals surface area contributed by atoms with Gasteiger partial charge in [-0.1, -0.05) is 6.07 Å². The fourth-order valence-corrected chi connectivity index (χ4v) is 3.33. The van der Waals surface area contributed by atoms with Crippen molar-refractivity contribution in [1.29, 1.82) is 0 Å². The van der Waals surface area contributed by atoms with Crippen molar-refractivity contribution in [1.82, 2.24) is 5.32 Å². The molecule has 1 aromatic rings. The van der Waals surface area contributed by atoms with E-state index in [0.717, 1.165) is 36.5 Å². The van der Waals surface area contributed by atoms with Crippen molar-refractivity contribution in [3.8, 4) is 5.75 Å². The molecule has 0 radical (unpaired) electrons. The Kier molecular flexibility index (Phi) is 3.53. The number of carbonyl (C=O) groups excluding carboxylic acids is 1. The fourth-order valence-electron chi connectivity index (χ4n) is 3.33. The number of carbonyl (C=O) groups is 1. The molecule has 3 unspecified atom stereocenters. The third-order valence-corrected chi connectivity index (χ3v) is 4.35. The average Bonchev–Trinajstić information content (AvgIpc) is 2.51. The molecule has 20 heavy (non-hydrogen) atoms. The first-order valence-corrected chi connectivity index (χ1v) is 6.97. The van der Waals surface area contributed by atoms with Gasteiger partial charge in [0.05, 0.1) is 20.1 Å². The van der Waals surface area contributed by atoms with Crippen molar-refractivity contribution in [3.05, 3.63) is 23.8 Å². The van der Waals surface area contributed by atoms with Crippen molar-refractivity contribution in [2.24, 2.45) is 5.92 Å². The third-order valence-electron chi connectivity index (χ3n) is 4.35. The van der Waals surface area contributed by atoms with Gasteiger partial charge >= 0.3 is 5.97 Å². The van der Waals surface area contributed by atoms with E-state index in [4.69, 9.17) is 9.47 Å². The maximum absolute atomic E-state index is 12.2. The van der Waals surface area contributed by atoms with E-state index in [2.05, 4.69) is 10.6 Å². The first kappa shape index (κ1) is 13.2. The quantitative estimate of drug-likeness (QED) is 0.799. The predicted octanol–water partition coefficient (Wildman–Crippen LogP) is 1.36. The lowest BCUT2D eigenvalue weighted by atomic mass is 9.75. The molecule has 2 aliphatic rings. The summed E-state index contributed by atoms with van der Waals surface area (Å²) in [6, 6.07) is 6.13. The van der Waals surface area contributed by atoms with Crippen LogP contribution in [0, 0.1) is 5.92 Å². The Balaban J connectivity index is 2.03. The second kappa shape index (κ2) is 5.32. The number of hydrogen-bond donors (Lipinski definition) is 2.